The minimum atomic E-state index is -2.41. The van der Waals surface area contributed by atoms with Crippen LogP contribution >= 0.6 is 0 Å². The van der Waals surface area contributed by atoms with Crippen molar-refractivity contribution in [2.24, 2.45) is 5.92 Å². The largest absolute Gasteiger partial charge is 0.314 e. The van der Waals surface area contributed by atoms with Crippen LogP contribution in [0.3, 0.4) is 0 Å². The van der Waals surface area contributed by atoms with Gasteiger partial charge in [0.2, 0.25) is 5.92 Å². The van der Waals surface area contributed by atoms with Gasteiger partial charge in [0, 0.05) is 18.9 Å². The minimum absolute atomic E-state index is 0.0655. The quantitative estimate of drug-likeness (QED) is 0.664. The third kappa shape index (κ3) is 5.15. The van der Waals surface area contributed by atoms with Crippen molar-refractivity contribution in [3.63, 3.8) is 0 Å². The second-order valence-electron chi connectivity index (χ2n) is 5.12. The van der Waals surface area contributed by atoms with Gasteiger partial charge in [-0.2, -0.15) is 0 Å². The molecule has 17 heavy (non-hydrogen) atoms. The standard InChI is InChI=1S/C14H25F2N/c1-3-5-6-13(17-11-4-2)12-7-9-14(15,16)10-8-12/h3,12-13,17H,1,4-11H2,2H3. The average Bonchev–Trinajstić information content (AvgIpc) is 2.30. The first kappa shape index (κ1) is 14.6. The summed E-state index contributed by atoms with van der Waals surface area (Å²) >= 11 is 0. The van der Waals surface area contributed by atoms with Crippen LogP contribution in [-0.4, -0.2) is 18.5 Å². The van der Waals surface area contributed by atoms with Gasteiger partial charge in [-0.05, 0) is 44.6 Å². The lowest BCUT2D eigenvalue weighted by molar-refractivity contribution is -0.0498. The smallest absolute Gasteiger partial charge is 0.248 e. The highest BCUT2D eigenvalue weighted by atomic mass is 19.3. The van der Waals surface area contributed by atoms with Crippen LogP contribution in [0, 0.1) is 5.92 Å². The van der Waals surface area contributed by atoms with Crippen LogP contribution in [-0.2, 0) is 0 Å². The predicted molar refractivity (Wildman–Crippen MR) is 68.4 cm³/mol. The van der Waals surface area contributed by atoms with E-state index in [0.29, 0.717) is 24.8 Å². The van der Waals surface area contributed by atoms with Crippen molar-refractivity contribution in [3.8, 4) is 0 Å². The van der Waals surface area contributed by atoms with Crippen LogP contribution in [0.1, 0.15) is 51.9 Å². The molecule has 1 aliphatic carbocycles. The maximum absolute atomic E-state index is 13.1. The fourth-order valence-corrected chi connectivity index (χ4v) is 2.60. The summed E-state index contributed by atoms with van der Waals surface area (Å²) in [4.78, 5) is 0. The average molecular weight is 245 g/mol. The minimum Gasteiger partial charge on any atom is -0.314 e. The van der Waals surface area contributed by atoms with Crippen LogP contribution in [0.4, 0.5) is 8.78 Å². The van der Waals surface area contributed by atoms with Crippen LogP contribution in [0.15, 0.2) is 12.7 Å². The molecule has 0 aromatic rings. The van der Waals surface area contributed by atoms with E-state index in [4.69, 9.17) is 0 Å². The highest BCUT2D eigenvalue weighted by molar-refractivity contribution is 4.86. The van der Waals surface area contributed by atoms with E-state index in [9.17, 15) is 8.78 Å². The van der Waals surface area contributed by atoms with Crippen molar-refractivity contribution in [1.82, 2.24) is 5.32 Å². The molecule has 1 saturated carbocycles. The van der Waals surface area contributed by atoms with Gasteiger partial charge in [0.05, 0.1) is 0 Å². The molecule has 1 N–H and O–H groups in total. The molecule has 0 spiro atoms. The molecule has 1 fully saturated rings. The Hall–Kier alpha value is -0.440. The van der Waals surface area contributed by atoms with Gasteiger partial charge in [-0.25, -0.2) is 8.78 Å². The summed E-state index contributed by atoms with van der Waals surface area (Å²) in [6, 6.07) is 0.393. The van der Waals surface area contributed by atoms with E-state index in [2.05, 4.69) is 18.8 Å². The zero-order chi connectivity index (χ0) is 12.7. The fraction of sp³-hybridized carbons (Fsp3) is 0.857. The van der Waals surface area contributed by atoms with E-state index in [1.165, 1.54) is 0 Å². The second kappa shape index (κ2) is 7.10. The topological polar surface area (TPSA) is 12.0 Å². The van der Waals surface area contributed by atoms with Gasteiger partial charge in [-0.1, -0.05) is 13.0 Å². The van der Waals surface area contributed by atoms with E-state index in [1.807, 2.05) is 6.08 Å². The molecular formula is C14H25F2N. The Morgan fingerprint density at radius 1 is 1.41 bits per heavy atom. The number of hydrogen-bond acceptors (Lipinski definition) is 1. The predicted octanol–water partition coefficient (Wildman–Crippen LogP) is 4.15. The molecule has 1 unspecified atom stereocenters. The number of allylic oxidation sites excluding steroid dienone is 1. The highest BCUT2D eigenvalue weighted by Gasteiger charge is 2.37. The van der Waals surface area contributed by atoms with Crippen molar-refractivity contribution in [3.05, 3.63) is 12.7 Å². The van der Waals surface area contributed by atoms with Crippen molar-refractivity contribution >= 4 is 0 Å². The Balaban J connectivity index is 2.43. The fourth-order valence-electron chi connectivity index (χ4n) is 2.60. The molecule has 1 atom stereocenters. The van der Waals surface area contributed by atoms with E-state index >= 15 is 0 Å². The molecular weight excluding hydrogens is 220 g/mol. The molecule has 1 nitrogen and oxygen atoms in total. The molecule has 0 heterocycles. The maximum Gasteiger partial charge on any atom is 0.248 e. The third-order valence-electron chi connectivity index (χ3n) is 3.67. The van der Waals surface area contributed by atoms with Crippen molar-refractivity contribution in [1.29, 1.82) is 0 Å². The van der Waals surface area contributed by atoms with E-state index in [1.54, 1.807) is 0 Å². The number of alkyl halides is 2. The number of hydrogen-bond donors (Lipinski definition) is 1. The van der Waals surface area contributed by atoms with Crippen LogP contribution in [0.2, 0.25) is 0 Å². The first-order valence-electron chi connectivity index (χ1n) is 6.81. The van der Waals surface area contributed by atoms with Gasteiger partial charge >= 0.3 is 0 Å². The van der Waals surface area contributed by atoms with Crippen molar-refractivity contribution in [2.45, 2.75) is 63.8 Å². The summed E-state index contributed by atoms with van der Waals surface area (Å²) in [5, 5.41) is 3.51. The summed E-state index contributed by atoms with van der Waals surface area (Å²) in [7, 11) is 0. The van der Waals surface area contributed by atoms with Gasteiger partial charge in [0.15, 0.2) is 0 Å². The molecule has 0 amide bonds. The van der Waals surface area contributed by atoms with Crippen LogP contribution in [0.25, 0.3) is 0 Å². The molecule has 0 aliphatic heterocycles. The van der Waals surface area contributed by atoms with Gasteiger partial charge in [0.1, 0.15) is 0 Å². The highest BCUT2D eigenvalue weighted by Crippen LogP contribution is 2.38. The zero-order valence-electron chi connectivity index (χ0n) is 10.9. The van der Waals surface area contributed by atoms with Gasteiger partial charge < -0.3 is 5.32 Å². The van der Waals surface area contributed by atoms with Gasteiger partial charge in [-0.3, -0.25) is 0 Å². The number of nitrogens with one attached hydrogen (secondary N) is 1. The lowest BCUT2D eigenvalue weighted by atomic mass is 9.80. The Morgan fingerprint density at radius 2 is 2.06 bits per heavy atom. The Morgan fingerprint density at radius 3 is 2.59 bits per heavy atom. The van der Waals surface area contributed by atoms with Gasteiger partial charge in [-0.15, -0.1) is 6.58 Å². The molecule has 3 heteroatoms. The van der Waals surface area contributed by atoms with E-state index in [0.717, 1.165) is 25.8 Å². The SMILES string of the molecule is C=CCCC(NCCC)C1CCC(F)(F)CC1. The Bertz CT molecular complexity index is 218. The summed E-state index contributed by atoms with van der Waals surface area (Å²) in [5.74, 6) is -1.99. The molecule has 0 aromatic heterocycles. The van der Waals surface area contributed by atoms with Crippen molar-refractivity contribution < 1.29 is 8.78 Å². The summed E-state index contributed by atoms with van der Waals surface area (Å²) in [6.45, 7) is 6.85. The summed E-state index contributed by atoms with van der Waals surface area (Å²) in [6.07, 6.45) is 6.45. The number of rotatable bonds is 7. The van der Waals surface area contributed by atoms with E-state index in [-0.39, 0.29) is 12.8 Å². The van der Waals surface area contributed by atoms with Crippen molar-refractivity contribution in [2.75, 3.05) is 6.54 Å². The summed E-state index contributed by atoms with van der Waals surface area (Å²) in [5.41, 5.74) is 0. The Labute approximate surface area is 104 Å². The summed E-state index contributed by atoms with van der Waals surface area (Å²) < 4.78 is 26.2. The number of halogens is 2. The van der Waals surface area contributed by atoms with Gasteiger partial charge in [0.25, 0.3) is 0 Å². The molecule has 100 valence electrons. The zero-order valence-corrected chi connectivity index (χ0v) is 10.9. The first-order valence-corrected chi connectivity index (χ1v) is 6.81. The molecule has 1 aliphatic rings. The second-order valence-corrected chi connectivity index (χ2v) is 5.12. The van der Waals surface area contributed by atoms with Crippen LogP contribution in [0.5, 0.6) is 0 Å². The first-order chi connectivity index (χ1) is 8.09. The molecule has 1 rings (SSSR count). The molecule has 0 bridgehead atoms. The monoisotopic (exact) mass is 245 g/mol. The lowest BCUT2D eigenvalue weighted by Gasteiger charge is -2.34. The molecule has 0 aromatic carbocycles. The normalized spacial score (nSPS) is 22.3. The van der Waals surface area contributed by atoms with Crippen LogP contribution < -0.4 is 5.32 Å². The molecule has 0 saturated heterocycles. The maximum atomic E-state index is 13.1. The third-order valence-corrected chi connectivity index (χ3v) is 3.67. The molecule has 0 radical (unpaired) electrons. The lowest BCUT2D eigenvalue weighted by Crippen LogP contribution is -2.40. The van der Waals surface area contributed by atoms with E-state index < -0.39 is 5.92 Å². The Kier molecular flexibility index (Phi) is 6.10.